The van der Waals surface area contributed by atoms with Gasteiger partial charge < -0.3 is 9.72 Å². The summed E-state index contributed by atoms with van der Waals surface area (Å²) in [6.07, 6.45) is 1.31. The number of hydrogen-bond donors (Lipinski definition) is 1. The lowest BCUT2D eigenvalue weighted by atomic mass is 10.3. The maximum atomic E-state index is 12.0. The molecule has 0 unspecified atom stereocenters. The minimum Gasteiger partial charge on any atom is -0.385 e. The van der Waals surface area contributed by atoms with E-state index in [0.717, 1.165) is 11.9 Å². The van der Waals surface area contributed by atoms with Crippen LogP contribution in [-0.2, 0) is 14.6 Å². The molecule has 0 amide bonds. The number of nitrogens with zero attached hydrogens (tertiary/aromatic N) is 1. The number of aromatic amines is 1. The lowest BCUT2D eigenvalue weighted by molar-refractivity contribution is 0.194. The van der Waals surface area contributed by atoms with Crippen molar-refractivity contribution in [3.05, 3.63) is 24.3 Å². The van der Waals surface area contributed by atoms with Gasteiger partial charge in [-0.05, 0) is 25.0 Å². The highest BCUT2D eigenvalue weighted by Gasteiger charge is 2.18. The van der Waals surface area contributed by atoms with Gasteiger partial charge in [-0.15, -0.1) is 0 Å². The van der Waals surface area contributed by atoms with Crippen LogP contribution in [0.4, 0.5) is 0 Å². The van der Waals surface area contributed by atoms with E-state index in [1.165, 1.54) is 0 Å². The molecule has 0 saturated carbocycles. The smallest absolute Gasteiger partial charge is 0.226 e. The number of imidazole rings is 1. The summed E-state index contributed by atoms with van der Waals surface area (Å²) >= 11 is 0. The molecule has 2 rings (SSSR count). The summed E-state index contributed by atoms with van der Waals surface area (Å²) in [6.45, 7) is 0.579. The van der Waals surface area contributed by atoms with Crippen molar-refractivity contribution in [3.8, 4) is 0 Å². The molecule has 0 fully saturated rings. The van der Waals surface area contributed by atoms with Gasteiger partial charge in [0.15, 0.2) is 0 Å². The SMILES string of the molecule is COCCCCS(=O)(=O)c1nc2ccccc2[nH]1. The zero-order valence-corrected chi connectivity index (χ0v) is 11.0. The quantitative estimate of drug-likeness (QED) is 0.810. The van der Waals surface area contributed by atoms with Crippen molar-refractivity contribution in [2.24, 2.45) is 0 Å². The first-order valence-corrected chi connectivity index (χ1v) is 7.45. The summed E-state index contributed by atoms with van der Waals surface area (Å²) in [5.74, 6) is 0.0934. The Morgan fingerprint density at radius 3 is 2.78 bits per heavy atom. The normalized spacial score (nSPS) is 12.1. The van der Waals surface area contributed by atoms with E-state index < -0.39 is 9.84 Å². The van der Waals surface area contributed by atoms with Gasteiger partial charge in [-0.1, -0.05) is 12.1 Å². The van der Waals surface area contributed by atoms with Gasteiger partial charge in [-0.2, -0.15) is 0 Å². The van der Waals surface area contributed by atoms with Gasteiger partial charge in [0, 0.05) is 13.7 Å². The van der Waals surface area contributed by atoms with Crippen LogP contribution < -0.4 is 0 Å². The topological polar surface area (TPSA) is 72.1 Å². The maximum Gasteiger partial charge on any atom is 0.226 e. The summed E-state index contributed by atoms with van der Waals surface area (Å²) in [4.78, 5) is 6.95. The Hall–Kier alpha value is -1.40. The molecule has 0 aliphatic rings. The van der Waals surface area contributed by atoms with E-state index in [1.54, 1.807) is 13.2 Å². The Kier molecular flexibility index (Phi) is 3.98. The number of nitrogens with one attached hydrogen (secondary N) is 1. The average Bonchev–Trinajstić information content (AvgIpc) is 2.79. The lowest BCUT2D eigenvalue weighted by Gasteiger charge is -2.00. The number of ether oxygens (including phenoxy) is 1. The van der Waals surface area contributed by atoms with Gasteiger partial charge in [0.05, 0.1) is 16.8 Å². The number of methoxy groups -OCH3 is 1. The number of hydrogen-bond acceptors (Lipinski definition) is 4. The van der Waals surface area contributed by atoms with Gasteiger partial charge in [-0.3, -0.25) is 0 Å². The molecule has 0 atom stereocenters. The molecule has 0 spiro atoms. The third kappa shape index (κ3) is 2.88. The van der Waals surface area contributed by atoms with Crippen LogP contribution in [0.1, 0.15) is 12.8 Å². The molecule has 0 radical (unpaired) electrons. The van der Waals surface area contributed by atoms with Crippen molar-refractivity contribution in [1.82, 2.24) is 9.97 Å². The second-order valence-corrected chi connectivity index (χ2v) is 6.10. The fourth-order valence-corrected chi connectivity index (χ4v) is 2.99. The van der Waals surface area contributed by atoms with E-state index >= 15 is 0 Å². The van der Waals surface area contributed by atoms with Crippen LogP contribution in [0.2, 0.25) is 0 Å². The number of aromatic nitrogens is 2. The molecule has 0 bridgehead atoms. The number of rotatable bonds is 6. The molecular formula is C12H16N2O3S. The molecule has 18 heavy (non-hydrogen) atoms. The van der Waals surface area contributed by atoms with E-state index in [4.69, 9.17) is 4.74 Å². The van der Waals surface area contributed by atoms with Crippen LogP contribution in [-0.4, -0.2) is 37.9 Å². The summed E-state index contributed by atoms with van der Waals surface area (Å²) in [6, 6.07) is 7.27. The average molecular weight is 268 g/mol. The molecule has 2 aromatic rings. The second kappa shape index (κ2) is 5.49. The van der Waals surface area contributed by atoms with Crippen LogP contribution >= 0.6 is 0 Å². The Labute approximate surface area is 106 Å². The maximum absolute atomic E-state index is 12.0. The van der Waals surface area contributed by atoms with Gasteiger partial charge in [0.2, 0.25) is 15.0 Å². The number of unbranched alkanes of at least 4 members (excludes halogenated alkanes) is 1. The van der Waals surface area contributed by atoms with Gasteiger partial charge in [0.1, 0.15) is 0 Å². The molecule has 1 heterocycles. The molecule has 0 saturated heterocycles. The Balaban J connectivity index is 2.14. The van der Waals surface area contributed by atoms with Crippen LogP contribution in [0.25, 0.3) is 11.0 Å². The largest absolute Gasteiger partial charge is 0.385 e. The number of H-pyrrole nitrogens is 1. The molecule has 0 aliphatic heterocycles. The summed E-state index contributed by atoms with van der Waals surface area (Å²) in [5.41, 5.74) is 1.42. The molecule has 98 valence electrons. The van der Waals surface area contributed by atoms with Crippen molar-refractivity contribution >= 4 is 20.9 Å². The summed E-state index contributed by atoms with van der Waals surface area (Å²) in [7, 11) is -1.72. The van der Waals surface area contributed by atoms with E-state index in [2.05, 4.69) is 9.97 Å². The van der Waals surface area contributed by atoms with Crippen molar-refractivity contribution in [3.63, 3.8) is 0 Å². The van der Waals surface area contributed by atoms with E-state index in [1.807, 2.05) is 18.2 Å². The zero-order valence-electron chi connectivity index (χ0n) is 10.2. The third-order valence-corrected chi connectivity index (χ3v) is 4.28. The first kappa shape index (κ1) is 13.0. The first-order valence-electron chi connectivity index (χ1n) is 5.80. The first-order chi connectivity index (χ1) is 8.63. The molecule has 1 aromatic carbocycles. The van der Waals surface area contributed by atoms with E-state index in [0.29, 0.717) is 18.5 Å². The fraction of sp³-hybridized carbons (Fsp3) is 0.417. The Bertz CT molecular complexity index is 586. The predicted octanol–water partition coefficient (Wildman–Crippen LogP) is 1.76. The van der Waals surface area contributed by atoms with Crippen LogP contribution in [0.5, 0.6) is 0 Å². The minimum atomic E-state index is -3.32. The van der Waals surface area contributed by atoms with Gasteiger partial charge >= 0.3 is 0 Å². The third-order valence-electron chi connectivity index (χ3n) is 2.67. The van der Waals surface area contributed by atoms with Crippen LogP contribution in [0, 0.1) is 0 Å². The van der Waals surface area contributed by atoms with Crippen molar-refractivity contribution in [2.45, 2.75) is 18.0 Å². The number of para-hydroxylation sites is 2. The second-order valence-electron chi connectivity index (χ2n) is 4.08. The molecule has 5 nitrogen and oxygen atoms in total. The predicted molar refractivity (Wildman–Crippen MR) is 69.3 cm³/mol. The highest BCUT2D eigenvalue weighted by atomic mass is 32.2. The van der Waals surface area contributed by atoms with Gasteiger partial charge in [-0.25, -0.2) is 13.4 Å². The molecule has 1 aromatic heterocycles. The van der Waals surface area contributed by atoms with Gasteiger partial charge in [0.25, 0.3) is 0 Å². The number of sulfone groups is 1. The Morgan fingerprint density at radius 1 is 1.28 bits per heavy atom. The zero-order chi connectivity index (χ0) is 13.0. The summed E-state index contributed by atoms with van der Waals surface area (Å²) in [5, 5.41) is 0.0566. The molecular weight excluding hydrogens is 252 g/mol. The minimum absolute atomic E-state index is 0.0566. The standard InChI is InChI=1S/C12H16N2O3S/c1-17-8-4-5-9-18(15,16)12-13-10-6-2-3-7-11(10)14-12/h2-3,6-7H,4-5,8-9H2,1H3,(H,13,14). The monoisotopic (exact) mass is 268 g/mol. The number of fused-ring (bicyclic) bond motifs is 1. The highest BCUT2D eigenvalue weighted by molar-refractivity contribution is 7.91. The van der Waals surface area contributed by atoms with E-state index in [-0.39, 0.29) is 10.9 Å². The van der Waals surface area contributed by atoms with Crippen molar-refractivity contribution < 1.29 is 13.2 Å². The highest BCUT2D eigenvalue weighted by Crippen LogP contribution is 2.15. The molecule has 0 aliphatic carbocycles. The van der Waals surface area contributed by atoms with E-state index in [9.17, 15) is 8.42 Å². The van der Waals surface area contributed by atoms with Crippen LogP contribution in [0.3, 0.4) is 0 Å². The van der Waals surface area contributed by atoms with Crippen LogP contribution in [0.15, 0.2) is 29.4 Å². The van der Waals surface area contributed by atoms with Crippen molar-refractivity contribution in [2.75, 3.05) is 19.5 Å². The molecule has 1 N–H and O–H groups in total. The number of benzene rings is 1. The molecule has 6 heteroatoms. The Morgan fingerprint density at radius 2 is 2.06 bits per heavy atom. The fourth-order valence-electron chi connectivity index (χ4n) is 1.71. The summed E-state index contributed by atoms with van der Waals surface area (Å²) < 4.78 is 29.0. The lowest BCUT2D eigenvalue weighted by Crippen LogP contribution is -2.09. The van der Waals surface area contributed by atoms with Crippen molar-refractivity contribution in [1.29, 1.82) is 0 Å².